The lowest BCUT2D eigenvalue weighted by molar-refractivity contribution is 0.112. The second-order valence-corrected chi connectivity index (χ2v) is 3.93. The predicted molar refractivity (Wildman–Crippen MR) is 62.7 cm³/mol. The van der Waals surface area contributed by atoms with Crippen molar-refractivity contribution in [2.45, 2.75) is 13.3 Å². The molecule has 0 aliphatic rings. The second kappa shape index (κ2) is 3.70. The molecular formula is C12H12ClNO. The van der Waals surface area contributed by atoms with Gasteiger partial charge in [0.15, 0.2) is 6.29 Å². The molecule has 0 saturated carbocycles. The third kappa shape index (κ3) is 1.37. The quantitative estimate of drug-likeness (QED) is 0.714. The highest BCUT2D eigenvalue weighted by molar-refractivity contribution is 6.35. The molecule has 0 fully saturated rings. The van der Waals surface area contributed by atoms with Gasteiger partial charge in [-0.3, -0.25) is 4.79 Å². The number of halogens is 1. The van der Waals surface area contributed by atoms with E-state index < -0.39 is 0 Å². The summed E-state index contributed by atoms with van der Waals surface area (Å²) < 4.78 is 2.00. The van der Waals surface area contributed by atoms with Crippen molar-refractivity contribution in [3.8, 4) is 0 Å². The van der Waals surface area contributed by atoms with Crippen molar-refractivity contribution in [3.63, 3.8) is 0 Å². The molecule has 0 radical (unpaired) electrons. The summed E-state index contributed by atoms with van der Waals surface area (Å²) in [6.07, 6.45) is 1.74. The summed E-state index contributed by atoms with van der Waals surface area (Å²) in [5.74, 6) is 0. The van der Waals surface area contributed by atoms with Gasteiger partial charge < -0.3 is 4.57 Å². The van der Waals surface area contributed by atoms with Gasteiger partial charge in [-0.05, 0) is 12.5 Å². The van der Waals surface area contributed by atoms with Crippen molar-refractivity contribution < 1.29 is 4.79 Å². The number of carbonyl (C=O) groups is 1. The average molecular weight is 222 g/mol. The Balaban J connectivity index is 2.97. The van der Waals surface area contributed by atoms with Crippen LogP contribution in [0.1, 0.15) is 23.0 Å². The minimum Gasteiger partial charge on any atom is -0.346 e. The highest BCUT2D eigenvalue weighted by Gasteiger charge is 2.14. The van der Waals surface area contributed by atoms with Gasteiger partial charge in [0.05, 0.1) is 10.5 Å². The van der Waals surface area contributed by atoms with Gasteiger partial charge >= 0.3 is 0 Å². The molecule has 0 saturated heterocycles. The minimum atomic E-state index is 0.692. The van der Waals surface area contributed by atoms with E-state index in [1.54, 1.807) is 0 Å². The molecule has 2 rings (SSSR count). The number of nitrogens with zero attached hydrogens (tertiary/aromatic N) is 1. The van der Waals surface area contributed by atoms with Crippen LogP contribution in [0, 0.1) is 0 Å². The molecule has 0 amide bonds. The number of aromatic nitrogens is 1. The van der Waals surface area contributed by atoms with Crippen LogP contribution in [0.25, 0.3) is 10.9 Å². The number of para-hydroxylation sites is 1. The van der Waals surface area contributed by atoms with Crippen LogP contribution in [0.5, 0.6) is 0 Å². The Hall–Kier alpha value is -1.28. The van der Waals surface area contributed by atoms with E-state index in [9.17, 15) is 4.79 Å². The third-order valence-corrected chi connectivity index (χ3v) is 3.09. The van der Waals surface area contributed by atoms with Crippen LogP contribution in [-0.2, 0) is 13.5 Å². The number of rotatable bonds is 2. The Kier molecular flexibility index (Phi) is 2.53. The summed E-state index contributed by atoms with van der Waals surface area (Å²) in [6, 6.07) is 5.65. The minimum absolute atomic E-state index is 0.692. The summed E-state index contributed by atoms with van der Waals surface area (Å²) >= 11 is 6.12. The maximum absolute atomic E-state index is 11.1. The first-order valence-electron chi connectivity index (χ1n) is 4.91. The molecule has 3 heteroatoms. The SMILES string of the molecule is CCc1c(C=O)c2cccc(Cl)c2n1C. The Labute approximate surface area is 93.5 Å². The summed E-state index contributed by atoms with van der Waals surface area (Å²) in [5.41, 5.74) is 2.74. The molecule has 78 valence electrons. The predicted octanol–water partition coefficient (Wildman–Crippen LogP) is 3.21. The van der Waals surface area contributed by atoms with E-state index in [2.05, 4.69) is 0 Å². The first-order valence-corrected chi connectivity index (χ1v) is 5.29. The van der Waals surface area contributed by atoms with Crippen molar-refractivity contribution in [1.82, 2.24) is 4.57 Å². The zero-order valence-electron chi connectivity index (χ0n) is 8.75. The maximum Gasteiger partial charge on any atom is 0.152 e. The fourth-order valence-electron chi connectivity index (χ4n) is 2.10. The molecule has 0 spiro atoms. The number of fused-ring (bicyclic) bond motifs is 1. The van der Waals surface area contributed by atoms with Gasteiger partial charge in [-0.25, -0.2) is 0 Å². The molecule has 0 bridgehead atoms. The molecule has 1 aromatic heterocycles. The molecule has 0 atom stereocenters. The molecule has 15 heavy (non-hydrogen) atoms. The zero-order valence-corrected chi connectivity index (χ0v) is 9.51. The molecule has 2 aromatic rings. The van der Waals surface area contributed by atoms with E-state index in [0.717, 1.165) is 34.9 Å². The van der Waals surface area contributed by atoms with Gasteiger partial charge in [0, 0.05) is 23.7 Å². The Morgan fingerprint density at radius 1 is 1.47 bits per heavy atom. The Bertz CT molecular complexity index is 528. The van der Waals surface area contributed by atoms with Crippen LogP contribution in [0.4, 0.5) is 0 Å². The van der Waals surface area contributed by atoms with E-state index >= 15 is 0 Å². The number of hydrogen-bond acceptors (Lipinski definition) is 1. The molecule has 0 N–H and O–H groups in total. The van der Waals surface area contributed by atoms with Crippen molar-refractivity contribution in [3.05, 3.63) is 34.5 Å². The number of aldehydes is 1. The Morgan fingerprint density at radius 3 is 2.80 bits per heavy atom. The van der Waals surface area contributed by atoms with Gasteiger partial charge in [0.1, 0.15) is 0 Å². The standard InChI is InChI=1S/C12H12ClNO/c1-3-11-9(7-15)8-5-4-6-10(13)12(8)14(11)2/h4-7H,3H2,1-2H3. The summed E-state index contributed by atoms with van der Waals surface area (Å²) in [6.45, 7) is 2.04. The number of aryl methyl sites for hydroxylation is 1. The maximum atomic E-state index is 11.1. The van der Waals surface area contributed by atoms with Gasteiger partial charge in [-0.2, -0.15) is 0 Å². The molecule has 2 nitrogen and oxygen atoms in total. The molecule has 0 aliphatic heterocycles. The molecule has 0 unspecified atom stereocenters. The van der Waals surface area contributed by atoms with E-state index in [1.165, 1.54) is 0 Å². The fraction of sp³-hybridized carbons (Fsp3) is 0.250. The van der Waals surface area contributed by atoms with E-state index in [4.69, 9.17) is 11.6 Å². The average Bonchev–Trinajstić information content (AvgIpc) is 2.52. The molecular weight excluding hydrogens is 210 g/mol. The lowest BCUT2D eigenvalue weighted by Gasteiger charge is -2.02. The smallest absolute Gasteiger partial charge is 0.152 e. The molecule has 0 aliphatic carbocycles. The van der Waals surface area contributed by atoms with Gasteiger partial charge in [-0.15, -0.1) is 0 Å². The first-order chi connectivity index (χ1) is 7.20. The zero-order chi connectivity index (χ0) is 11.0. The van der Waals surface area contributed by atoms with Crippen LogP contribution < -0.4 is 0 Å². The van der Waals surface area contributed by atoms with Gasteiger partial charge in [0.25, 0.3) is 0 Å². The van der Waals surface area contributed by atoms with E-state index in [0.29, 0.717) is 5.02 Å². The van der Waals surface area contributed by atoms with Crippen molar-refractivity contribution >= 4 is 28.8 Å². The van der Waals surface area contributed by atoms with Crippen molar-refractivity contribution in [1.29, 1.82) is 0 Å². The highest BCUT2D eigenvalue weighted by Crippen LogP contribution is 2.29. The number of hydrogen-bond donors (Lipinski definition) is 0. The largest absolute Gasteiger partial charge is 0.346 e. The summed E-state index contributed by atoms with van der Waals surface area (Å²) in [4.78, 5) is 11.1. The summed E-state index contributed by atoms with van der Waals surface area (Å²) in [5, 5.41) is 1.63. The number of benzene rings is 1. The van der Waals surface area contributed by atoms with E-state index in [-0.39, 0.29) is 0 Å². The van der Waals surface area contributed by atoms with Crippen molar-refractivity contribution in [2.24, 2.45) is 7.05 Å². The topological polar surface area (TPSA) is 22.0 Å². The number of carbonyl (C=O) groups excluding carboxylic acids is 1. The van der Waals surface area contributed by atoms with Crippen molar-refractivity contribution in [2.75, 3.05) is 0 Å². The second-order valence-electron chi connectivity index (χ2n) is 3.53. The van der Waals surface area contributed by atoms with Crippen LogP contribution in [-0.4, -0.2) is 10.9 Å². The van der Waals surface area contributed by atoms with Crippen LogP contribution in [0.3, 0.4) is 0 Å². The first kappa shape index (κ1) is 10.2. The van der Waals surface area contributed by atoms with Crippen LogP contribution in [0.15, 0.2) is 18.2 Å². The lowest BCUT2D eigenvalue weighted by Crippen LogP contribution is -1.96. The lowest BCUT2D eigenvalue weighted by atomic mass is 10.1. The third-order valence-electron chi connectivity index (χ3n) is 2.78. The summed E-state index contributed by atoms with van der Waals surface area (Å²) in [7, 11) is 1.94. The highest BCUT2D eigenvalue weighted by atomic mass is 35.5. The van der Waals surface area contributed by atoms with Gasteiger partial charge in [0.2, 0.25) is 0 Å². The van der Waals surface area contributed by atoms with Crippen LogP contribution >= 0.6 is 11.6 Å². The van der Waals surface area contributed by atoms with E-state index in [1.807, 2.05) is 36.7 Å². The molecule has 1 heterocycles. The Morgan fingerprint density at radius 2 is 2.20 bits per heavy atom. The van der Waals surface area contributed by atoms with Gasteiger partial charge in [-0.1, -0.05) is 30.7 Å². The normalized spacial score (nSPS) is 10.9. The monoisotopic (exact) mass is 221 g/mol. The fourth-order valence-corrected chi connectivity index (χ4v) is 2.41. The molecule has 1 aromatic carbocycles. The van der Waals surface area contributed by atoms with Crippen LogP contribution in [0.2, 0.25) is 5.02 Å².